The molecular weight excluding hydrogens is 401 g/mol. The minimum atomic E-state index is -0.483. The maximum Gasteiger partial charge on any atom is 0.129 e. The molecule has 1 unspecified atom stereocenters. The second-order valence-electron chi connectivity index (χ2n) is 3.93. The second-order valence-corrected chi connectivity index (χ2v) is 5.97. The minimum absolute atomic E-state index is 0.345. The van der Waals surface area contributed by atoms with Crippen LogP contribution in [0.2, 0.25) is 10.0 Å². The van der Waals surface area contributed by atoms with Crippen LogP contribution in [0, 0.1) is 9.39 Å². The maximum atomic E-state index is 14.0. The van der Waals surface area contributed by atoms with E-state index in [4.69, 9.17) is 29.0 Å². The van der Waals surface area contributed by atoms with Crippen LogP contribution >= 0.6 is 45.8 Å². The number of nitrogens with one attached hydrogen (secondary N) is 1. The first-order valence-electron chi connectivity index (χ1n) is 5.39. The Kier molecular flexibility index (Phi) is 5.03. The van der Waals surface area contributed by atoms with Gasteiger partial charge < -0.3 is 0 Å². The van der Waals surface area contributed by atoms with Crippen LogP contribution in [0.15, 0.2) is 36.4 Å². The summed E-state index contributed by atoms with van der Waals surface area (Å²) >= 11 is 13.9. The van der Waals surface area contributed by atoms with Crippen molar-refractivity contribution >= 4 is 45.8 Å². The van der Waals surface area contributed by atoms with Crippen LogP contribution in [-0.4, -0.2) is 0 Å². The van der Waals surface area contributed by atoms with Gasteiger partial charge in [-0.1, -0.05) is 29.3 Å². The Balaban J connectivity index is 2.52. The highest BCUT2D eigenvalue weighted by Crippen LogP contribution is 2.30. The van der Waals surface area contributed by atoms with Gasteiger partial charge in [0.2, 0.25) is 0 Å². The van der Waals surface area contributed by atoms with Crippen molar-refractivity contribution in [3.05, 3.63) is 67.0 Å². The van der Waals surface area contributed by atoms with Crippen LogP contribution in [0.4, 0.5) is 4.39 Å². The summed E-state index contributed by atoms with van der Waals surface area (Å²) in [5, 5.41) is 0.919. The highest BCUT2D eigenvalue weighted by molar-refractivity contribution is 14.1. The van der Waals surface area contributed by atoms with Gasteiger partial charge in [-0.05, 0) is 58.5 Å². The molecule has 19 heavy (non-hydrogen) atoms. The van der Waals surface area contributed by atoms with Crippen LogP contribution in [0.1, 0.15) is 17.2 Å². The normalized spacial score (nSPS) is 12.5. The first kappa shape index (κ1) is 15.0. The molecule has 1 atom stereocenters. The Morgan fingerprint density at radius 1 is 1.05 bits per heavy atom. The molecule has 2 aromatic carbocycles. The van der Waals surface area contributed by atoms with Crippen LogP contribution in [-0.2, 0) is 0 Å². The summed E-state index contributed by atoms with van der Waals surface area (Å²) in [4.78, 5) is 0. The highest BCUT2D eigenvalue weighted by atomic mass is 127. The molecule has 0 spiro atoms. The van der Waals surface area contributed by atoms with E-state index in [0.717, 1.165) is 9.13 Å². The first-order chi connectivity index (χ1) is 9.02. The average Bonchev–Trinajstić information content (AvgIpc) is 2.36. The third-order valence-corrected chi connectivity index (χ3v) is 4.16. The molecule has 2 rings (SSSR count). The van der Waals surface area contributed by atoms with E-state index in [9.17, 15) is 4.39 Å². The van der Waals surface area contributed by atoms with Crippen molar-refractivity contribution in [2.45, 2.75) is 6.04 Å². The zero-order chi connectivity index (χ0) is 14.0. The van der Waals surface area contributed by atoms with Gasteiger partial charge in [0, 0.05) is 19.2 Å². The van der Waals surface area contributed by atoms with Crippen molar-refractivity contribution in [2.75, 3.05) is 0 Å². The third kappa shape index (κ3) is 3.38. The van der Waals surface area contributed by atoms with Gasteiger partial charge in [0.05, 0.1) is 6.04 Å². The Morgan fingerprint density at radius 3 is 2.32 bits per heavy atom. The summed E-state index contributed by atoms with van der Waals surface area (Å²) in [7, 11) is 0. The zero-order valence-corrected chi connectivity index (χ0v) is 13.3. The molecule has 0 amide bonds. The molecule has 0 saturated heterocycles. The molecule has 6 heteroatoms. The molecule has 0 radical (unpaired) electrons. The largest absolute Gasteiger partial charge is 0.271 e. The van der Waals surface area contributed by atoms with Gasteiger partial charge in [0.15, 0.2) is 0 Å². The fraction of sp³-hybridized carbons (Fsp3) is 0.0769. The number of hydrogen-bond acceptors (Lipinski definition) is 2. The summed E-state index contributed by atoms with van der Waals surface area (Å²) in [5.74, 6) is 5.16. The number of hydrazine groups is 1. The van der Waals surface area contributed by atoms with Crippen molar-refractivity contribution in [1.29, 1.82) is 0 Å². The number of benzene rings is 2. The molecule has 2 nitrogen and oxygen atoms in total. The van der Waals surface area contributed by atoms with Gasteiger partial charge in [-0.3, -0.25) is 5.84 Å². The Hall–Kier alpha value is -0.400. The van der Waals surface area contributed by atoms with Gasteiger partial charge >= 0.3 is 0 Å². The lowest BCUT2D eigenvalue weighted by molar-refractivity contribution is 0.559. The molecule has 3 N–H and O–H groups in total. The standard InChI is InChI=1S/C13H10Cl2FIN2/c14-7-2-4-12(17)10(5-7)13(19-18)9-3-1-8(15)6-11(9)16/h1-6,13,19H,18H2. The van der Waals surface area contributed by atoms with Crippen LogP contribution in [0.5, 0.6) is 0 Å². The molecule has 0 aliphatic carbocycles. The Bertz CT molecular complexity index is 607. The van der Waals surface area contributed by atoms with E-state index in [-0.39, 0.29) is 0 Å². The first-order valence-corrected chi connectivity index (χ1v) is 7.22. The SMILES string of the molecule is NNC(c1ccc(Cl)cc1F)c1cc(Cl)ccc1I. The predicted octanol–water partition coefficient (Wildman–Crippen LogP) is 4.29. The molecule has 0 aliphatic rings. The molecule has 0 heterocycles. The molecule has 0 aromatic heterocycles. The van der Waals surface area contributed by atoms with Crippen LogP contribution < -0.4 is 11.3 Å². The van der Waals surface area contributed by atoms with E-state index in [0.29, 0.717) is 15.6 Å². The number of nitrogens with two attached hydrogens (primary N) is 1. The van der Waals surface area contributed by atoms with Crippen molar-refractivity contribution in [3.63, 3.8) is 0 Å². The Labute approximate surface area is 134 Å². The van der Waals surface area contributed by atoms with Crippen LogP contribution in [0.3, 0.4) is 0 Å². The zero-order valence-electron chi connectivity index (χ0n) is 9.63. The van der Waals surface area contributed by atoms with Gasteiger partial charge in [-0.2, -0.15) is 0 Å². The van der Waals surface area contributed by atoms with E-state index in [1.54, 1.807) is 24.3 Å². The van der Waals surface area contributed by atoms with Crippen molar-refractivity contribution in [1.82, 2.24) is 5.43 Å². The monoisotopic (exact) mass is 410 g/mol. The van der Waals surface area contributed by atoms with E-state index < -0.39 is 11.9 Å². The van der Waals surface area contributed by atoms with Crippen molar-refractivity contribution in [3.8, 4) is 0 Å². The summed E-state index contributed by atoms with van der Waals surface area (Å²) in [5.41, 5.74) is 3.86. The predicted molar refractivity (Wildman–Crippen MR) is 84.7 cm³/mol. The van der Waals surface area contributed by atoms with Gasteiger partial charge in [0.25, 0.3) is 0 Å². The van der Waals surface area contributed by atoms with E-state index in [2.05, 4.69) is 28.0 Å². The molecule has 0 bridgehead atoms. The lowest BCUT2D eigenvalue weighted by atomic mass is 9.99. The summed E-state index contributed by atoms with van der Waals surface area (Å²) in [6, 6.07) is 9.42. The van der Waals surface area contributed by atoms with Crippen molar-refractivity contribution in [2.24, 2.45) is 5.84 Å². The van der Waals surface area contributed by atoms with Gasteiger partial charge in [-0.25, -0.2) is 9.82 Å². The van der Waals surface area contributed by atoms with Gasteiger partial charge in [-0.15, -0.1) is 0 Å². The fourth-order valence-corrected chi connectivity index (χ4v) is 2.80. The number of halogens is 4. The summed E-state index contributed by atoms with van der Waals surface area (Å²) in [6.45, 7) is 0. The van der Waals surface area contributed by atoms with Crippen LogP contribution in [0.25, 0.3) is 0 Å². The average molecular weight is 411 g/mol. The quantitative estimate of drug-likeness (QED) is 0.450. The van der Waals surface area contributed by atoms with Gasteiger partial charge in [0.1, 0.15) is 5.82 Å². The number of rotatable bonds is 3. The molecule has 0 fully saturated rings. The topological polar surface area (TPSA) is 38.0 Å². The van der Waals surface area contributed by atoms with E-state index in [1.807, 2.05) is 6.07 Å². The molecule has 100 valence electrons. The molecule has 0 saturated carbocycles. The molecule has 2 aromatic rings. The number of hydrogen-bond donors (Lipinski definition) is 2. The van der Waals surface area contributed by atoms with Crippen molar-refractivity contribution < 1.29 is 4.39 Å². The minimum Gasteiger partial charge on any atom is -0.271 e. The highest BCUT2D eigenvalue weighted by Gasteiger charge is 2.19. The lowest BCUT2D eigenvalue weighted by Crippen LogP contribution is -2.30. The smallest absolute Gasteiger partial charge is 0.129 e. The molecular formula is C13H10Cl2FIN2. The van der Waals surface area contributed by atoms with E-state index in [1.165, 1.54) is 6.07 Å². The fourth-order valence-electron chi connectivity index (χ4n) is 1.82. The summed E-state index contributed by atoms with van der Waals surface area (Å²) in [6.07, 6.45) is 0. The van der Waals surface area contributed by atoms with E-state index >= 15 is 0 Å². The molecule has 0 aliphatic heterocycles. The maximum absolute atomic E-state index is 14.0. The Morgan fingerprint density at radius 2 is 1.68 bits per heavy atom. The third-order valence-electron chi connectivity index (χ3n) is 2.71. The summed E-state index contributed by atoms with van der Waals surface area (Å²) < 4.78 is 14.9. The lowest BCUT2D eigenvalue weighted by Gasteiger charge is -2.19. The second kappa shape index (κ2) is 6.37.